The number of hydrogen-bond acceptors (Lipinski definition) is 5. The fourth-order valence-corrected chi connectivity index (χ4v) is 2.03. The van der Waals surface area contributed by atoms with Gasteiger partial charge in [0, 0.05) is 37.8 Å². The van der Waals surface area contributed by atoms with Crippen molar-refractivity contribution >= 4 is 28.7 Å². The van der Waals surface area contributed by atoms with Gasteiger partial charge in [-0.3, -0.25) is 4.79 Å². The van der Waals surface area contributed by atoms with Gasteiger partial charge in [-0.25, -0.2) is 0 Å². The fourth-order valence-electron chi connectivity index (χ4n) is 2.03. The number of oxazole rings is 1. The van der Waals surface area contributed by atoms with Gasteiger partial charge in [0.05, 0.1) is 0 Å². The number of rotatable bonds is 6. The van der Waals surface area contributed by atoms with Crippen LogP contribution in [-0.4, -0.2) is 35.4 Å². The highest BCUT2D eigenvalue weighted by atomic mass is 16.4. The van der Waals surface area contributed by atoms with Crippen LogP contribution in [0.5, 0.6) is 0 Å². The standard InChI is InChI=1S/C14H20N4O2/c1-3-18(4-2)13(19)7-8-16-14-17-11-6-5-10(15)9-12(11)20-14/h5-6,9H,3-4,7-8,15H2,1-2H3,(H,16,17). The molecule has 0 fully saturated rings. The minimum atomic E-state index is 0.128. The average Bonchev–Trinajstić information content (AvgIpc) is 2.82. The zero-order valence-electron chi connectivity index (χ0n) is 11.8. The average molecular weight is 276 g/mol. The molecular formula is C14H20N4O2. The molecule has 0 unspecified atom stereocenters. The molecule has 1 amide bonds. The maximum atomic E-state index is 11.8. The van der Waals surface area contributed by atoms with E-state index >= 15 is 0 Å². The molecular weight excluding hydrogens is 256 g/mol. The van der Waals surface area contributed by atoms with Crippen molar-refractivity contribution in [2.75, 3.05) is 30.7 Å². The lowest BCUT2D eigenvalue weighted by Crippen LogP contribution is -2.31. The summed E-state index contributed by atoms with van der Waals surface area (Å²) in [7, 11) is 0. The number of hydrogen-bond donors (Lipinski definition) is 2. The molecule has 108 valence electrons. The van der Waals surface area contributed by atoms with Crippen LogP contribution in [0, 0.1) is 0 Å². The van der Waals surface area contributed by atoms with Crippen LogP contribution in [0.25, 0.3) is 11.1 Å². The van der Waals surface area contributed by atoms with Crippen molar-refractivity contribution in [2.45, 2.75) is 20.3 Å². The Morgan fingerprint density at radius 1 is 1.40 bits per heavy atom. The van der Waals surface area contributed by atoms with Crippen LogP contribution >= 0.6 is 0 Å². The molecule has 0 aliphatic rings. The Morgan fingerprint density at radius 2 is 2.15 bits per heavy atom. The molecule has 1 heterocycles. The van der Waals surface area contributed by atoms with Crippen molar-refractivity contribution in [1.29, 1.82) is 0 Å². The summed E-state index contributed by atoms with van der Waals surface area (Å²) in [6.45, 7) is 5.91. The summed E-state index contributed by atoms with van der Waals surface area (Å²) < 4.78 is 5.52. The van der Waals surface area contributed by atoms with Crippen LogP contribution in [-0.2, 0) is 4.79 Å². The van der Waals surface area contributed by atoms with Gasteiger partial charge in [-0.2, -0.15) is 4.98 Å². The first-order chi connectivity index (χ1) is 9.63. The summed E-state index contributed by atoms with van der Waals surface area (Å²) in [5, 5.41) is 3.02. The number of nitrogens with one attached hydrogen (secondary N) is 1. The lowest BCUT2D eigenvalue weighted by molar-refractivity contribution is -0.130. The third kappa shape index (κ3) is 3.20. The number of fused-ring (bicyclic) bond motifs is 1. The lowest BCUT2D eigenvalue weighted by atomic mass is 10.3. The number of nitrogens with two attached hydrogens (primary N) is 1. The summed E-state index contributed by atoms with van der Waals surface area (Å²) in [6, 6.07) is 5.73. The lowest BCUT2D eigenvalue weighted by Gasteiger charge is -2.18. The van der Waals surface area contributed by atoms with E-state index in [1.54, 1.807) is 23.1 Å². The second kappa shape index (κ2) is 6.27. The Bertz CT molecular complexity index is 590. The molecule has 1 aromatic heterocycles. The molecule has 0 saturated heterocycles. The largest absolute Gasteiger partial charge is 0.423 e. The minimum absolute atomic E-state index is 0.128. The highest BCUT2D eigenvalue weighted by Gasteiger charge is 2.10. The molecule has 0 saturated carbocycles. The highest BCUT2D eigenvalue weighted by Crippen LogP contribution is 2.20. The van der Waals surface area contributed by atoms with E-state index in [4.69, 9.17) is 10.2 Å². The molecule has 6 nitrogen and oxygen atoms in total. The van der Waals surface area contributed by atoms with Crippen molar-refractivity contribution in [3.63, 3.8) is 0 Å². The number of amides is 1. The summed E-state index contributed by atoms with van der Waals surface area (Å²) in [5.74, 6) is 0.128. The van der Waals surface area contributed by atoms with Gasteiger partial charge < -0.3 is 20.4 Å². The predicted octanol–water partition coefficient (Wildman–Crippen LogP) is 2.08. The maximum Gasteiger partial charge on any atom is 0.295 e. The number of nitrogens with zero attached hydrogens (tertiary/aromatic N) is 2. The summed E-state index contributed by atoms with van der Waals surface area (Å²) in [6.07, 6.45) is 0.419. The fraction of sp³-hybridized carbons (Fsp3) is 0.429. The van der Waals surface area contributed by atoms with Crippen molar-refractivity contribution < 1.29 is 9.21 Å². The Labute approximate surface area is 117 Å². The van der Waals surface area contributed by atoms with Crippen molar-refractivity contribution in [3.8, 4) is 0 Å². The van der Waals surface area contributed by atoms with Gasteiger partial charge in [0.15, 0.2) is 5.58 Å². The Balaban J connectivity index is 1.91. The number of nitrogen functional groups attached to an aromatic ring is 1. The smallest absolute Gasteiger partial charge is 0.295 e. The Hall–Kier alpha value is -2.24. The van der Waals surface area contributed by atoms with Crippen molar-refractivity contribution in [3.05, 3.63) is 18.2 Å². The van der Waals surface area contributed by atoms with E-state index in [9.17, 15) is 4.79 Å². The molecule has 0 atom stereocenters. The second-order valence-corrected chi connectivity index (χ2v) is 4.49. The van der Waals surface area contributed by atoms with Crippen molar-refractivity contribution in [1.82, 2.24) is 9.88 Å². The van der Waals surface area contributed by atoms with Gasteiger partial charge in [0.1, 0.15) is 5.52 Å². The van der Waals surface area contributed by atoms with Gasteiger partial charge in [-0.1, -0.05) is 0 Å². The number of carbonyl (C=O) groups is 1. The molecule has 0 aliphatic carbocycles. The zero-order valence-corrected chi connectivity index (χ0v) is 11.8. The summed E-state index contributed by atoms with van der Waals surface area (Å²) in [4.78, 5) is 17.9. The predicted molar refractivity (Wildman–Crippen MR) is 79.5 cm³/mol. The highest BCUT2D eigenvalue weighted by molar-refractivity contribution is 5.78. The third-order valence-electron chi connectivity index (χ3n) is 3.14. The van der Waals surface area contributed by atoms with Crippen LogP contribution in [0.1, 0.15) is 20.3 Å². The number of anilines is 2. The van der Waals surface area contributed by atoms with Crippen LogP contribution in [0.4, 0.5) is 11.7 Å². The minimum Gasteiger partial charge on any atom is -0.423 e. The molecule has 2 rings (SSSR count). The van der Waals surface area contributed by atoms with E-state index in [1.807, 2.05) is 13.8 Å². The first kappa shape index (κ1) is 14.2. The molecule has 0 radical (unpaired) electrons. The van der Waals surface area contributed by atoms with Gasteiger partial charge in [0.25, 0.3) is 6.01 Å². The Kier molecular flexibility index (Phi) is 4.45. The topological polar surface area (TPSA) is 84.4 Å². The van der Waals surface area contributed by atoms with E-state index in [0.717, 1.165) is 18.6 Å². The van der Waals surface area contributed by atoms with Crippen LogP contribution in [0.3, 0.4) is 0 Å². The van der Waals surface area contributed by atoms with E-state index in [0.29, 0.717) is 30.3 Å². The third-order valence-corrected chi connectivity index (χ3v) is 3.14. The van der Waals surface area contributed by atoms with E-state index < -0.39 is 0 Å². The zero-order chi connectivity index (χ0) is 14.5. The summed E-state index contributed by atoms with van der Waals surface area (Å²) in [5.41, 5.74) is 7.70. The van der Waals surface area contributed by atoms with Gasteiger partial charge in [-0.15, -0.1) is 0 Å². The van der Waals surface area contributed by atoms with E-state index in [-0.39, 0.29) is 5.91 Å². The maximum absolute atomic E-state index is 11.8. The first-order valence-corrected chi connectivity index (χ1v) is 6.81. The SMILES string of the molecule is CCN(CC)C(=O)CCNc1nc2ccc(N)cc2o1. The molecule has 0 spiro atoms. The molecule has 1 aromatic carbocycles. The van der Waals surface area contributed by atoms with Gasteiger partial charge >= 0.3 is 0 Å². The normalized spacial score (nSPS) is 10.7. The van der Waals surface area contributed by atoms with Crippen LogP contribution < -0.4 is 11.1 Å². The molecule has 0 bridgehead atoms. The Morgan fingerprint density at radius 3 is 2.85 bits per heavy atom. The number of aromatic nitrogens is 1. The van der Waals surface area contributed by atoms with Crippen LogP contribution in [0.15, 0.2) is 22.6 Å². The van der Waals surface area contributed by atoms with Gasteiger partial charge in [0.2, 0.25) is 5.91 Å². The number of carbonyl (C=O) groups excluding carboxylic acids is 1. The second-order valence-electron chi connectivity index (χ2n) is 4.49. The summed E-state index contributed by atoms with van der Waals surface area (Å²) >= 11 is 0. The number of benzene rings is 1. The van der Waals surface area contributed by atoms with Gasteiger partial charge in [-0.05, 0) is 26.0 Å². The van der Waals surface area contributed by atoms with Crippen molar-refractivity contribution in [2.24, 2.45) is 0 Å². The monoisotopic (exact) mass is 276 g/mol. The molecule has 2 aromatic rings. The molecule has 20 heavy (non-hydrogen) atoms. The van der Waals surface area contributed by atoms with Crippen LogP contribution in [0.2, 0.25) is 0 Å². The van der Waals surface area contributed by atoms with E-state index in [2.05, 4.69) is 10.3 Å². The molecule has 3 N–H and O–H groups in total. The molecule has 6 heteroatoms. The quantitative estimate of drug-likeness (QED) is 0.789. The van der Waals surface area contributed by atoms with E-state index in [1.165, 1.54) is 0 Å². The molecule has 0 aliphatic heterocycles. The first-order valence-electron chi connectivity index (χ1n) is 6.81.